The van der Waals surface area contributed by atoms with Crippen LogP contribution in [-0.2, 0) is 9.53 Å². The van der Waals surface area contributed by atoms with E-state index in [4.69, 9.17) is 16.3 Å². The summed E-state index contributed by atoms with van der Waals surface area (Å²) in [6.45, 7) is 1.57. The maximum atomic E-state index is 12.5. The number of hydrogen-bond donors (Lipinski definition) is 0. The van der Waals surface area contributed by atoms with Crippen molar-refractivity contribution in [2.24, 2.45) is 0 Å². The smallest absolute Gasteiger partial charge is 0.410 e. The first-order valence-corrected chi connectivity index (χ1v) is 8.16. The van der Waals surface area contributed by atoms with Crippen LogP contribution in [0.2, 0.25) is 5.02 Å². The molecule has 1 unspecified atom stereocenters. The largest absolute Gasteiger partial charge is 0.448 e. The minimum absolute atomic E-state index is 0.0660. The van der Waals surface area contributed by atoms with E-state index in [0.717, 1.165) is 11.3 Å². The molecule has 0 aromatic heterocycles. The lowest BCUT2D eigenvalue weighted by Crippen LogP contribution is -2.40. The number of carbonyl (C=O) groups is 2. The molecule has 0 saturated carbocycles. The second kappa shape index (κ2) is 6.15. The third-order valence-corrected chi connectivity index (χ3v) is 5.14. The molecule has 2 amide bonds. The monoisotopic (exact) mass is 326 g/mol. The second-order valence-electron chi connectivity index (χ2n) is 4.87. The number of thioether (sulfide) groups is 1. The van der Waals surface area contributed by atoms with Gasteiger partial charge in [0.1, 0.15) is 18.5 Å². The fourth-order valence-electron chi connectivity index (χ4n) is 2.48. The Morgan fingerprint density at radius 3 is 2.90 bits per heavy atom. The van der Waals surface area contributed by atoms with Crippen molar-refractivity contribution in [1.29, 1.82) is 0 Å². The Labute approximate surface area is 132 Å². The molecule has 7 heteroatoms. The van der Waals surface area contributed by atoms with E-state index in [1.165, 1.54) is 4.90 Å². The maximum Gasteiger partial charge on any atom is 0.410 e. The summed E-state index contributed by atoms with van der Waals surface area (Å²) in [7, 11) is 0. The Kier molecular flexibility index (Phi) is 4.26. The number of halogens is 1. The van der Waals surface area contributed by atoms with Gasteiger partial charge < -0.3 is 9.64 Å². The molecule has 2 aliphatic rings. The zero-order valence-electron chi connectivity index (χ0n) is 11.3. The Morgan fingerprint density at radius 2 is 2.19 bits per heavy atom. The van der Waals surface area contributed by atoms with E-state index in [2.05, 4.69) is 0 Å². The Bertz CT molecular complexity index is 569. The molecule has 21 heavy (non-hydrogen) atoms. The number of benzene rings is 1. The van der Waals surface area contributed by atoms with Gasteiger partial charge in [-0.3, -0.25) is 9.69 Å². The van der Waals surface area contributed by atoms with E-state index in [-0.39, 0.29) is 17.8 Å². The van der Waals surface area contributed by atoms with E-state index in [0.29, 0.717) is 24.7 Å². The lowest BCUT2D eigenvalue weighted by atomic mass is 10.2. The van der Waals surface area contributed by atoms with Gasteiger partial charge in [-0.15, -0.1) is 11.8 Å². The zero-order valence-corrected chi connectivity index (χ0v) is 12.9. The number of rotatable bonds is 3. The number of amides is 2. The SMILES string of the molecule is O=C1OCCN1CC(=O)N1CCSC1c1ccccc1Cl. The molecule has 0 bridgehead atoms. The van der Waals surface area contributed by atoms with Gasteiger partial charge in [-0.25, -0.2) is 4.79 Å². The number of cyclic esters (lactones) is 1. The van der Waals surface area contributed by atoms with E-state index >= 15 is 0 Å². The van der Waals surface area contributed by atoms with Crippen LogP contribution in [0.25, 0.3) is 0 Å². The first kappa shape index (κ1) is 14.5. The van der Waals surface area contributed by atoms with Gasteiger partial charge in [-0.1, -0.05) is 29.8 Å². The molecule has 1 aromatic carbocycles. The predicted molar refractivity (Wildman–Crippen MR) is 81.3 cm³/mol. The van der Waals surface area contributed by atoms with Gasteiger partial charge in [-0.05, 0) is 6.07 Å². The van der Waals surface area contributed by atoms with Crippen LogP contribution in [0.4, 0.5) is 4.79 Å². The molecule has 0 N–H and O–H groups in total. The van der Waals surface area contributed by atoms with Crippen LogP contribution >= 0.6 is 23.4 Å². The van der Waals surface area contributed by atoms with Gasteiger partial charge in [0.15, 0.2) is 0 Å². The van der Waals surface area contributed by atoms with Gasteiger partial charge in [0.2, 0.25) is 5.91 Å². The van der Waals surface area contributed by atoms with E-state index in [1.54, 1.807) is 16.7 Å². The molecule has 0 radical (unpaired) electrons. The number of hydrogen-bond acceptors (Lipinski definition) is 4. The third kappa shape index (κ3) is 2.96. The van der Waals surface area contributed by atoms with E-state index in [1.807, 2.05) is 24.3 Å². The van der Waals surface area contributed by atoms with Gasteiger partial charge in [0, 0.05) is 22.9 Å². The summed E-state index contributed by atoms with van der Waals surface area (Å²) < 4.78 is 4.85. The van der Waals surface area contributed by atoms with Crippen LogP contribution in [0.5, 0.6) is 0 Å². The quantitative estimate of drug-likeness (QED) is 0.855. The van der Waals surface area contributed by atoms with Crippen LogP contribution in [0.15, 0.2) is 24.3 Å². The average molecular weight is 327 g/mol. The number of carbonyl (C=O) groups excluding carboxylic acids is 2. The van der Waals surface area contributed by atoms with Gasteiger partial charge in [0.25, 0.3) is 0 Å². The van der Waals surface area contributed by atoms with E-state index in [9.17, 15) is 9.59 Å². The molecule has 1 atom stereocenters. The molecular formula is C14H15ClN2O3S. The Balaban J connectivity index is 1.73. The summed E-state index contributed by atoms with van der Waals surface area (Å²) in [6, 6.07) is 7.56. The highest BCUT2D eigenvalue weighted by Gasteiger charge is 2.34. The Hall–Kier alpha value is -1.40. The highest BCUT2D eigenvalue weighted by molar-refractivity contribution is 7.99. The molecule has 0 spiro atoms. The van der Waals surface area contributed by atoms with E-state index < -0.39 is 6.09 Å². The topological polar surface area (TPSA) is 49.9 Å². The molecule has 3 rings (SSSR count). The van der Waals surface area contributed by atoms with Crippen LogP contribution in [-0.4, -0.2) is 53.8 Å². The van der Waals surface area contributed by atoms with Gasteiger partial charge in [0.05, 0.1) is 6.54 Å². The second-order valence-corrected chi connectivity index (χ2v) is 6.46. The van der Waals surface area contributed by atoms with Crippen LogP contribution in [0.3, 0.4) is 0 Å². The minimum atomic E-state index is -0.413. The molecule has 1 aromatic rings. The lowest BCUT2D eigenvalue weighted by Gasteiger charge is -2.26. The maximum absolute atomic E-state index is 12.5. The summed E-state index contributed by atoms with van der Waals surface area (Å²) in [6.07, 6.45) is -0.413. The summed E-state index contributed by atoms with van der Waals surface area (Å²) in [4.78, 5) is 27.1. The average Bonchev–Trinajstić information content (AvgIpc) is 3.09. The Morgan fingerprint density at radius 1 is 1.38 bits per heavy atom. The molecule has 0 aliphatic carbocycles. The summed E-state index contributed by atoms with van der Waals surface area (Å²) in [5.74, 6) is 0.801. The van der Waals surface area contributed by atoms with Crippen molar-refractivity contribution in [3.8, 4) is 0 Å². The molecule has 2 fully saturated rings. The number of ether oxygens (including phenoxy) is 1. The molecule has 112 valence electrons. The normalized spacial score (nSPS) is 21.8. The zero-order chi connectivity index (χ0) is 14.8. The van der Waals surface area contributed by atoms with Crippen molar-refractivity contribution in [1.82, 2.24) is 9.80 Å². The lowest BCUT2D eigenvalue weighted by molar-refractivity contribution is -0.131. The molecule has 2 heterocycles. The first-order valence-electron chi connectivity index (χ1n) is 6.74. The van der Waals surface area contributed by atoms with Crippen molar-refractivity contribution in [2.75, 3.05) is 32.0 Å². The van der Waals surface area contributed by atoms with Crippen molar-refractivity contribution >= 4 is 35.4 Å². The van der Waals surface area contributed by atoms with Crippen molar-refractivity contribution in [3.05, 3.63) is 34.9 Å². The summed E-state index contributed by atoms with van der Waals surface area (Å²) in [5.41, 5.74) is 0.944. The van der Waals surface area contributed by atoms with Crippen LogP contribution in [0.1, 0.15) is 10.9 Å². The van der Waals surface area contributed by atoms with Crippen molar-refractivity contribution < 1.29 is 14.3 Å². The number of nitrogens with zero attached hydrogens (tertiary/aromatic N) is 2. The fourth-order valence-corrected chi connectivity index (χ4v) is 4.10. The molecule has 5 nitrogen and oxygen atoms in total. The first-order chi connectivity index (χ1) is 10.2. The molecule has 2 aliphatic heterocycles. The molecule has 2 saturated heterocycles. The third-order valence-electron chi connectivity index (χ3n) is 3.55. The van der Waals surface area contributed by atoms with Crippen LogP contribution in [0, 0.1) is 0 Å². The minimum Gasteiger partial charge on any atom is -0.448 e. The fraction of sp³-hybridized carbons (Fsp3) is 0.429. The van der Waals surface area contributed by atoms with Gasteiger partial charge >= 0.3 is 6.09 Å². The van der Waals surface area contributed by atoms with Gasteiger partial charge in [-0.2, -0.15) is 0 Å². The van der Waals surface area contributed by atoms with Crippen LogP contribution < -0.4 is 0 Å². The van der Waals surface area contributed by atoms with Crippen molar-refractivity contribution in [2.45, 2.75) is 5.37 Å². The van der Waals surface area contributed by atoms with Crippen molar-refractivity contribution in [3.63, 3.8) is 0 Å². The highest BCUT2D eigenvalue weighted by Crippen LogP contribution is 2.40. The standard InChI is InChI=1S/C14H15ClN2O3S/c15-11-4-2-1-3-10(11)13-17(6-8-21-13)12(18)9-16-5-7-20-14(16)19/h1-4,13H,5-9H2. The highest BCUT2D eigenvalue weighted by atomic mass is 35.5. The summed E-state index contributed by atoms with van der Waals surface area (Å²) >= 11 is 7.92. The predicted octanol–water partition coefficient (Wildman–Crippen LogP) is 2.37. The molecular weight excluding hydrogens is 312 g/mol. The summed E-state index contributed by atoms with van der Waals surface area (Å²) in [5, 5.41) is 0.583.